The first kappa shape index (κ1) is 18.2. The Bertz CT molecular complexity index is 544. The lowest BCUT2D eigenvalue weighted by Crippen LogP contribution is -2.31. The number of aliphatic hydroxyl groups is 1. The van der Waals surface area contributed by atoms with Crippen LogP contribution in [0.3, 0.4) is 0 Å². The number of hydrogen-bond acceptors (Lipinski definition) is 4. The lowest BCUT2D eigenvalue weighted by atomic mass is 9.93. The number of unbranched alkanes of at least 4 members (excludes halogenated alkanes) is 1. The largest absolute Gasteiger partial charge is 0.459 e. The molecule has 126 valence electrons. The van der Waals surface area contributed by atoms with E-state index in [0.29, 0.717) is 25.2 Å². The molecular formula is C17H22INO4. The molecule has 0 bridgehead atoms. The topological polar surface area (TPSA) is 67.8 Å². The fourth-order valence-electron chi connectivity index (χ4n) is 2.41. The molecule has 0 saturated carbocycles. The van der Waals surface area contributed by atoms with E-state index in [4.69, 9.17) is 14.6 Å². The average Bonchev–Trinajstić information content (AvgIpc) is 2.58. The Kier molecular flexibility index (Phi) is 7.32. The van der Waals surface area contributed by atoms with Crippen molar-refractivity contribution in [3.63, 3.8) is 0 Å². The molecule has 0 aliphatic carbocycles. The number of carbonyl (C=O) groups excluding carboxylic acids is 1. The van der Waals surface area contributed by atoms with E-state index in [1.807, 2.05) is 6.08 Å². The molecule has 0 unspecified atom stereocenters. The van der Waals surface area contributed by atoms with Gasteiger partial charge in [0.1, 0.15) is 0 Å². The molecule has 23 heavy (non-hydrogen) atoms. The molecule has 2 rings (SSSR count). The number of benzene rings is 1. The Morgan fingerprint density at radius 3 is 2.78 bits per heavy atom. The summed E-state index contributed by atoms with van der Waals surface area (Å²) >= 11 is 2.27. The molecule has 0 fully saturated rings. The predicted molar refractivity (Wildman–Crippen MR) is 95.8 cm³/mol. The summed E-state index contributed by atoms with van der Waals surface area (Å²) in [6, 6.07) is 8.24. The van der Waals surface area contributed by atoms with Crippen LogP contribution in [0.15, 0.2) is 36.1 Å². The van der Waals surface area contributed by atoms with Crippen molar-refractivity contribution in [3.05, 3.63) is 45.2 Å². The van der Waals surface area contributed by atoms with Gasteiger partial charge in [-0.25, -0.2) is 0 Å². The van der Waals surface area contributed by atoms with Crippen LogP contribution < -0.4 is 5.32 Å². The van der Waals surface area contributed by atoms with Gasteiger partial charge in [-0.05, 0) is 59.2 Å². The lowest BCUT2D eigenvalue weighted by molar-refractivity contribution is -0.146. The normalized spacial score (nSPS) is 20.6. The highest BCUT2D eigenvalue weighted by Gasteiger charge is 2.28. The number of ether oxygens (including phenoxy) is 2. The molecule has 1 aliphatic heterocycles. The Balaban J connectivity index is 2.09. The number of halogens is 1. The van der Waals surface area contributed by atoms with E-state index >= 15 is 0 Å². The molecule has 5 nitrogen and oxygen atoms in total. The number of amides is 1. The van der Waals surface area contributed by atoms with Crippen molar-refractivity contribution >= 4 is 28.5 Å². The van der Waals surface area contributed by atoms with Crippen LogP contribution >= 0.6 is 22.6 Å². The molecule has 6 heteroatoms. The Morgan fingerprint density at radius 2 is 2.13 bits per heavy atom. The number of nitrogens with one attached hydrogen (secondary N) is 1. The van der Waals surface area contributed by atoms with Gasteiger partial charge in [0, 0.05) is 29.6 Å². The lowest BCUT2D eigenvalue weighted by Gasteiger charge is -2.29. The van der Waals surface area contributed by atoms with Crippen LogP contribution in [0, 0.1) is 3.57 Å². The summed E-state index contributed by atoms with van der Waals surface area (Å²) in [6.45, 7) is 0.662. The molecule has 0 aromatic heterocycles. The van der Waals surface area contributed by atoms with Crippen molar-refractivity contribution in [2.45, 2.75) is 31.5 Å². The first-order chi connectivity index (χ1) is 11.1. The van der Waals surface area contributed by atoms with Crippen LogP contribution in [-0.4, -0.2) is 37.6 Å². The standard InChI is InChI=1S/C17H22INO4/c1-19-17(21)15-10-13(12-4-6-14(18)7-5-12)11-16(23-15)22-9-3-2-8-20/h4-7,10,13,16,20H,2-3,8-9,11H2,1H3,(H,19,21)/t13-,16+/m1/s1. The quantitative estimate of drug-likeness (QED) is 0.515. The predicted octanol–water partition coefficient (Wildman–Crippen LogP) is 2.54. The number of aliphatic hydroxyl groups excluding tert-OH is 1. The highest BCUT2D eigenvalue weighted by molar-refractivity contribution is 14.1. The van der Waals surface area contributed by atoms with E-state index in [-0.39, 0.29) is 18.4 Å². The second-order valence-electron chi connectivity index (χ2n) is 5.35. The van der Waals surface area contributed by atoms with Gasteiger partial charge >= 0.3 is 0 Å². The van der Waals surface area contributed by atoms with Crippen molar-refractivity contribution in [1.29, 1.82) is 0 Å². The zero-order valence-electron chi connectivity index (χ0n) is 13.1. The van der Waals surface area contributed by atoms with Crippen LogP contribution in [-0.2, 0) is 14.3 Å². The van der Waals surface area contributed by atoms with Crippen LogP contribution in [0.5, 0.6) is 0 Å². The third-order valence-electron chi connectivity index (χ3n) is 3.66. The van der Waals surface area contributed by atoms with Gasteiger partial charge in [0.25, 0.3) is 5.91 Å². The van der Waals surface area contributed by atoms with E-state index in [1.54, 1.807) is 7.05 Å². The van der Waals surface area contributed by atoms with E-state index in [2.05, 4.69) is 52.2 Å². The molecule has 1 aromatic carbocycles. The first-order valence-electron chi connectivity index (χ1n) is 7.72. The summed E-state index contributed by atoms with van der Waals surface area (Å²) in [6.07, 6.45) is 3.54. The highest BCUT2D eigenvalue weighted by atomic mass is 127. The van der Waals surface area contributed by atoms with Gasteiger partial charge in [-0.2, -0.15) is 0 Å². The second kappa shape index (κ2) is 9.24. The molecule has 1 amide bonds. The molecule has 1 heterocycles. The summed E-state index contributed by atoms with van der Waals surface area (Å²) < 4.78 is 12.6. The average molecular weight is 431 g/mol. The molecule has 0 saturated heterocycles. The maximum Gasteiger partial charge on any atom is 0.285 e. The summed E-state index contributed by atoms with van der Waals surface area (Å²) in [5.41, 5.74) is 1.14. The summed E-state index contributed by atoms with van der Waals surface area (Å²) in [7, 11) is 1.58. The number of allylic oxidation sites excluding steroid dienone is 1. The molecule has 0 radical (unpaired) electrons. The number of rotatable bonds is 7. The maximum atomic E-state index is 11.9. The van der Waals surface area contributed by atoms with Gasteiger partial charge < -0.3 is 19.9 Å². The van der Waals surface area contributed by atoms with Gasteiger partial charge in [0.15, 0.2) is 5.76 Å². The third-order valence-corrected chi connectivity index (χ3v) is 4.38. The second-order valence-corrected chi connectivity index (χ2v) is 6.60. The molecule has 1 aromatic rings. The fourth-order valence-corrected chi connectivity index (χ4v) is 2.77. The van der Waals surface area contributed by atoms with Gasteiger partial charge in [0.2, 0.25) is 6.29 Å². The Morgan fingerprint density at radius 1 is 1.39 bits per heavy atom. The van der Waals surface area contributed by atoms with E-state index in [1.165, 1.54) is 3.57 Å². The van der Waals surface area contributed by atoms with Crippen LogP contribution in [0.2, 0.25) is 0 Å². The van der Waals surface area contributed by atoms with Crippen LogP contribution in [0.4, 0.5) is 0 Å². The summed E-state index contributed by atoms with van der Waals surface area (Å²) in [5.74, 6) is 0.134. The zero-order valence-corrected chi connectivity index (χ0v) is 15.3. The van der Waals surface area contributed by atoms with Crippen molar-refractivity contribution in [2.24, 2.45) is 0 Å². The maximum absolute atomic E-state index is 11.9. The highest BCUT2D eigenvalue weighted by Crippen LogP contribution is 2.31. The van der Waals surface area contributed by atoms with Gasteiger partial charge in [-0.1, -0.05) is 12.1 Å². The third kappa shape index (κ3) is 5.47. The summed E-state index contributed by atoms with van der Waals surface area (Å²) in [4.78, 5) is 11.9. The van der Waals surface area contributed by atoms with Crippen molar-refractivity contribution < 1.29 is 19.4 Å². The first-order valence-corrected chi connectivity index (χ1v) is 8.80. The number of hydrogen-bond donors (Lipinski definition) is 2. The van der Waals surface area contributed by atoms with Gasteiger partial charge in [-0.15, -0.1) is 0 Å². The molecule has 2 atom stereocenters. The number of carbonyl (C=O) groups is 1. The minimum absolute atomic E-state index is 0.0795. The Labute approximate surface area is 150 Å². The van der Waals surface area contributed by atoms with E-state index < -0.39 is 6.29 Å². The Hall–Kier alpha value is -1.12. The minimum atomic E-state index is -0.449. The summed E-state index contributed by atoms with van der Waals surface area (Å²) in [5, 5.41) is 11.4. The number of likely N-dealkylation sites (N-methyl/N-ethyl adjacent to an activating group) is 1. The SMILES string of the molecule is CNC(=O)C1=C[C@@H](c2ccc(I)cc2)C[C@@H](OCCCCO)O1. The molecule has 2 N–H and O–H groups in total. The molecular weight excluding hydrogens is 409 g/mol. The van der Waals surface area contributed by atoms with Crippen molar-refractivity contribution in [1.82, 2.24) is 5.32 Å². The zero-order chi connectivity index (χ0) is 16.7. The fraction of sp³-hybridized carbons (Fsp3) is 0.471. The van der Waals surface area contributed by atoms with E-state index in [0.717, 1.165) is 12.0 Å². The monoisotopic (exact) mass is 431 g/mol. The van der Waals surface area contributed by atoms with Crippen molar-refractivity contribution in [2.75, 3.05) is 20.3 Å². The molecule has 0 spiro atoms. The molecule has 1 aliphatic rings. The van der Waals surface area contributed by atoms with Crippen LogP contribution in [0.1, 0.15) is 30.7 Å². The van der Waals surface area contributed by atoms with Crippen LogP contribution in [0.25, 0.3) is 0 Å². The van der Waals surface area contributed by atoms with E-state index in [9.17, 15) is 4.79 Å². The van der Waals surface area contributed by atoms with Gasteiger partial charge in [-0.3, -0.25) is 4.79 Å². The van der Waals surface area contributed by atoms with Gasteiger partial charge in [0.05, 0.1) is 6.61 Å². The van der Waals surface area contributed by atoms with Crippen molar-refractivity contribution in [3.8, 4) is 0 Å². The minimum Gasteiger partial charge on any atom is -0.459 e. The smallest absolute Gasteiger partial charge is 0.285 e.